The summed E-state index contributed by atoms with van der Waals surface area (Å²) in [5.74, 6) is 0. The van der Waals surface area contributed by atoms with Gasteiger partial charge in [0.1, 0.15) is 6.33 Å². The minimum Gasteiger partial charge on any atom is -0.465 e. The summed E-state index contributed by atoms with van der Waals surface area (Å²) in [6, 6.07) is 9.59. The van der Waals surface area contributed by atoms with Crippen LogP contribution in [0.3, 0.4) is 0 Å². The fourth-order valence-corrected chi connectivity index (χ4v) is 2.65. The molecular weight excluding hydrogens is 387 g/mol. The molecule has 1 aromatic heterocycles. The molecular formula is C16H11ClF3N5O2. The van der Waals surface area contributed by atoms with Gasteiger partial charge in [-0.25, -0.2) is 9.48 Å². The van der Waals surface area contributed by atoms with Crippen LogP contribution in [-0.4, -0.2) is 31.4 Å². The average Bonchev–Trinajstić information content (AvgIpc) is 3.14. The molecule has 11 heteroatoms. The van der Waals surface area contributed by atoms with Crippen molar-refractivity contribution in [2.24, 2.45) is 0 Å². The number of halogens is 4. The van der Waals surface area contributed by atoms with Gasteiger partial charge in [-0.2, -0.15) is 13.2 Å². The molecule has 2 aromatic carbocycles. The molecule has 0 aliphatic heterocycles. The summed E-state index contributed by atoms with van der Waals surface area (Å²) in [7, 11) is 0. The fourth-order valence-electron chi connectivity index (χ4n) is 2.43. The minimum atomic E-state index is -4.70. The maximum absolute atomic E-state index is 13.1. The second kappa shape index (κ2) is 7.23. The Balaban J connectivity index is 1.94. The Morgan fingerprint density at radius 1 is 1.22 bits per heavy atom. The van der Waals surface area contributed by atoms with Crippen molar-refractivity contribution in [3.05, 3.63) is 64.9 Å². The van der Waals surface area contributed by atoms with Crippen molar-refractivity contribution in [1.29, 1.82) is 0 Å². The number of nitrogens with zero attached hydrogens (tertiary/aromatic N) is 5. The van der Waals surface area contributed by atoms with E-state index in [0.29, 0.717) is 17.3 Å². The molecule has 27 heavy (non-hydrogen) atoms. The van der Waals surface area contributed by atoms with Crippen LogP contribution in [-0.2, 0) is 12.7 Å². The Bertz CT molecular complexity index is 963. The van der Waals surface area contributed by atoms with E-state index >= 15 is 0 Å². The van der Waals surface area contributed by atoms with Gasteiger partial charge in [0, 0.05) is 5.69 Å². The average molecular weight is 398 g/mol. The third-order valence-corrected chi connectivity index (χ3v) is 3.99. The smallest absolute Gasteiger partial charge is 0.417 e. The Labute approximate surface area is 155 Å². The fraction of sp³-hybridized carbons (Fsp3) is 0.125. The number of carbonyl (C=O) groups is 1. The standard InChI is InChI=1S/C16H11ClF3N5O2/c17-14-5-4-11(7-13(14)16(18,19)20)24(15(26)27)8-10-2-1-3-12(6-10)25-9-21-22-23-25/h1-7,9H,8H2,(H,26,27). The van der Waals surface area contributed by atoms with Crippen molar-refractivity contribution in [3.63, 3.8) is 0 Å². The maximum atomic E-state index is 13.1. The lowest BCUT2D eigenvalue weighted by atomic mass is 10.1. The van der Waals surface area contributed by atoms with Gasteiger partial charge in [-0.05, 0) is 46.3 Å². The first-order chi connectivity index (χ1) is 12.8. The molecule has 0 radical (unpaired) electrons. The van der Waals surface area contributed by atoms with Gasteiger partial charge >= 0.3 is 12.3 Å². The highest BCUT2D eigenvalue weighted by Crippen LogP contribution is 2.37. The normalized spacial score (nSPS) is 11.4. The lowest BCUT2D eigenvalue weighted by molar-refractivity contribution is -0.137. The lowest BCUT2D eigenvalue weighted by Crippen LogP contribution is -2.29. The third-order valence-electron chi connectivity index (χ3n) is 3.66. The van der Waals surface area contributed by atoms with Crippen molar-refractivity contribution >= 4 is 23.4 Å². The van der Waals surface area contributed by atoms with Crippen LogP contribution in [0.15, 0.2) is 48.8 Å². The van der Waals surface area contributed by atoms with Crippen LogP contribution in [0.2, 0.25) is 5.02 Å². The van der Waals surface area contributed by atoms with Crippen LogP contribution >= 0.6 is 11.6 Å². The molecule has 0 fully saturated rings. The number of benzene rings is 2. The molecule has 1 heterocycles. The third kappa shape index (κ3) is 4.17. The zero-order valence-electron chi connectivity index (χ0n) is 13.4. The molecule has 0 bridgehead atoms. The minimum absolute atomic E-state index is 0.146. The Kier molecular flexibility index (Phi) is 5.00. The van der Waals surface area contributed by atoms with Gasteiger partial charge in [0.2, 0.25) is 0 Å². The molecule has 1 N–H and O–H groups in total. The van der Waals surface area contributed by atoms with E-state index in [-0.39, 0.29) is 12.2 Å². The highest BCUT2D eigenvalue weighted by atomic mass is 35.5. The Morgan fingerprint density at radius 3 is 2.63 bits per heavy atom. The number of carboxylic acid groups (broad SMARTS) is 1. The van der Waals surface area contributed by atoms with Gasteiger partial charge in [0.25, 0.3) is 0 Å². The van der Waals surface area contributed by atoms with Gasteiger partial charge in [-0.3, -0.25) is 4.90 Å². The van der Waals surface area contributed by atoms with Crippen molar-refractivity contribution in [3.8, 4) is 5.69 Å². The zero-order chi connectivity index (χ0) is 19.6. The van der Waals surface area contributed by atoms with Gasteiger partial charge in [-0.15, -0.1) is 5.10 Å². The summed E-state index contributed by atoms with van der Waals surface area (Å²) in [5, 5.41) is 19.7. The SMILES string of the molecule is O=C(O)N(Cc1cccc(-n2cnnn2)c1)c1ccc(Cl)c(C(F)(F)F)c1. The summed E-state index contributed by atoms with van der Waals surface area (Å²) in [4.78, 5) is 12.4. The highest BCUT2D eigenvalue weighted by Gasteiger charge is 2.34. The van der Waals surface area contributed by atoms with Crippen LogP contribution in [0.5, 0.6) is 0 Å². The largest absolute Gasteiger partial charge is 0.465 e. The molecule has 1 amide bonds. The molecule has 0 saturated heterocycles. The number of alkyl halides is 3. The number of aromatic nitrogens is 4. The Morgan fingerprint density at radius 2 is 2.00 bits per heavy atom. The van der Waals surface area contributed by atoms with Crippen LogP contribution < -0.4 is 4.90 Å². The zero-order valence-corrected chi connectivity index (χ0v) is 14.2. The number of hydrogen-bond acceptors (Lipinski definition) is 4. The topological polar surface area (TPSA) is 84.1 Å². The highest BCUT2D eigenvalue weighted by molar-refractivity contribution is 6.31. The number of tetrazole rings is 1. The van der Waals surface area contributed by atoms with Gasteiger partial charge in [-0.1, -0.05) is 23.7 Å². The summed E-state index contributed by atoms with van der Waals surface area (Å²) in [5.41, 5.74) is -0.133. The molecule has 3 aromatic rings. The summed E-state index contributed by atoms with van der Waals surface area (Å²) in [6.45, 7) is -0.176. The molecule has 140 valence electrons. The molecule has 0 saturated carbocycles. The monoisotopic (exact) mass is 397 g/mol. The van der Waals surface area contributed by atoms with Gasteiger partial charge in [0.15, 0.2) is 0 Å². The molecule has 0 aliphatic carbocycles. The lowest BCUT2D eigenvalue weighted by Gasteiger charge is -2.21. The molecule has 3 rings (SSSR count). The molecule has 0 atom stereocenters. The first-order valence-electron chi connectivity index (χ1n) is 7.45. The number of amides is 1. The van der Waals surface area contributed by atoms with Gasteiger partial charge in [0.05, 0.1) is 22.8 Å². The van der Waals surface area contributed by atoms with E-state index in [9.17, 15) is 23.1 Å². The quantitative estimate of drug-likeness (QED) is 0.718. The maximum Gasteiger partial charge on any atom is 0.417 e. The Hall–Kier alpha value is -3.14. The van der Waals surface area contributed by atoms with Crippen LogP contribution in [0.1, 0.15) is 11.1 Å². The van der Waals surface area contributed by atoms with E-state index < -0.39 is 22.9 Å². The predicted octanol–water partition coefficient (Wildman–Crippen LogP) is 4.02. The van der Waals surface area contributed by atoms with E-state index in [4.69, 9.17) is 11.6 Å². The second-order valence-electron chi connectivity index (χ2n) is 5.45. The first-order valence-corrected chi connectivity index (χ1v) is 7.83. The number of hydrogen-bond donors (Lipinski definition) is 1. The van der Waals surface area contributed by atoms with E-state index in [1.54, 1.807) is 24.3 Å². The first kappa shape index (κ1) is 18.6. The second-order valence-corrected chi connectivity index (χ2v) is 5.86. The van der Waals surface area contributed by atoms with E-state index in [1.165, 1.54) is 17.1 Å². The van der Waals surface area contributed by atoms with Crippen LogP contribution in [0.4, 0.5) is 23.7 Å². The molecule has 0 spiro atoms. The van der Waals surface area contributed by atoms with Crippen LogP contribution in [0, 0.1) is 0 Å². The van der Waals surface area contributed by atoms with E-state index in [0.717, 1.165) is 11.0 Å². The van der Waals surface area contributed by atoms with Crippen molar-refractivity contribution in [2.45, 2.75) is 12.7 Å². The molecule has 0 aliphatic rings. The predicted molar refractivity (Wildman–Crippen MR) is 89.8 cm³/mol. The van der Waals surface area contributed by atoms with Crippen molar-refractivity contribution in [1.82, 2.24) is 20.2 Å². The summed E-state index contributed by atoms with van der Waals surface area (Å²) >= 11 is 5.60. The van der Waals surface area contributed by atoms with Crippen molar-refractivity contribution < 1.29 is 23.1 Å². The molecule has 7 nitrogen and oxygen atoms in total. The summed E-state index contributed by atoms with van der Waals surface area (Å²) < 4.78 is 40.5. The van der Waals surface area contributed by atoms with Crippen molar-refractivity contribution in [2.75, 3.05) is 4.90 Å². The molecule has 0 unspecified atom stereocenters. The van der Waals surface area contributed by atoms with E-state index in [1.807, 2.05) is 0 Å². The summed E-state index contributed by atoms with van der Waals surface area (Å²) in [6.07, 6.45) is -4.74. The van der Waals surface area contributed by atoms with E-state index in [2.05, 4.69) is 15.5 Å². The number of rotatable bonds is 4. The van der Waals surface area contributed by atoms with Crippen LogP contribution in [0.25, 0.3) is 5.69 Å². The van der Waals surface area contributed by atoms with Gasteiger partial charge < -0.3 is 5.11 Å². The number of anilines is 1.